The number of amides is 1. The van der Waals surface area contributed by atoms with E-state index < -0.39 is 0 Å². The summed E-state index contributed by atoms with van der Waals surface area (Å²) in [7, 11) is 1.80. The molecule has 188 valence electrons. The van der Waals surface area contributed by atoms with E-state index in [1.54, 1.807) is 7.05 Å². The minimum atomic E-state index is -0.0704. The van der Waals surface area contributed by atoms with Crippen molar-refractivity contribution in [1.82, 2.24) is 34.6 Å². The molecular weight excluding hydrogens is 464 g/mol. The first-order chi connectivity index (χ1) is 18.1. The highest BCUT2D eigenvalue weighted by Gasteiger charge is 2.31. The van der Waals surface area contributed by atoms with Gasteiger partial charge in [0, 0.05) is 23.7 Å². The van der Waals surface area contributed by atoms with Crippen LogP contribution >= 0.6 is 0 Å². The lowest BCUT2D eigenvalue weighted by atomic mass is 9.98. The van der Waals surface area contributed by atoms with E-state index in [1.807, 2.05) is 32.3 Å². The van der Waals surface area contributed by atoms with Crippen LogP contribution in [0.15, 0.2) is 67.1 Å². The zero-order valence-electron chi connectivity index (χ0n) is 20.8. The number of rotatable bonds is 6. The second kappa shape index (κ2) is 9.67. The number of benzene rings is 2. The lowest BCUT2D eigenvalue weighted by molar-refractivity contribution is -0.134. The first-order valence-corrected chi connectivity index (χ1v) is 12.7. The first kappa shape index (κ1) is 23.2. The number of hydrogen-bond acceptors (Lipinski definition) is 6. The van der Waals surface area contributed by atoms with Crippen molar-refractivity contribution in [3.8, 4) is 11.1 Å². The SMILES string of the molecule is CNCC(=O)N1CCCCC1c1cc(-c2ccc3cn(Cc4ccccc4)nc3c2)c2c(N)ncnn12. The summed E-state index contributed by atoms with van der Waals surface area (Å²) in [5.74, 6) is 0.506. The predicted octanol–water partition coefficient (Wildman–Crippen LogP) is 3.65. The third-order valence-electron chi connectivity index (χ3n) is 7.16. The average molecular weight is 495 g/mol. The summed E-state index contributed by atoms with van der Waals surface area (Å²) < 4.78 is 3.84. The molecule has 4 heterocycles. The van der Waals surface area contributed by atoms with E-state index in [2.05, 4.69) is 58.0 Å². The van der Waals surface area contributed by atoms with Gasteiger partial charge in [-0.3, -0.25) is 9.48 Å². The number of nitrogens with one attached hydrogen (secondary N) is 1. The molecule has 1 saturated heterocycles. The van der Waals surface area contributed by atoms with Gasteiger partial charge in [0.05, 0.1) is 30.3 Å². The summed E-state index contributed by atoms with van der Waals surface area (Å²) in [6, 6.07) is 18.6. The minimum absolute atomic E-state index is 0.0704. The maximum Gasteiger partial charge on any atom is 0.237 e. The number of piperidine rings is 1. The van der Waals surface area contributed by atoms with Gasteiger partial charge in [-0.15, -0.1) is 0 Å². The van der Waals surface area contributed by atoms with Gasteiger partial charge in [0.25, 0.3) is 0 Å². The number of nitrogens with zero attached hydrogens (tertiary/aromatic N) is 6. The van der Waals surface area contributed by atoms with E-state index in [-0.39, 0.29) is 11.9 Å². The van der Waals surface area contributed by atoms with Crippen LogP contribution in [0.5, 0.6) is 0 Å². The molecule has 1 fully saturated rings. The average Bonchev–Trinajstić information content (AvgIpc) is 3.51. The standard InChI is InChI=1S/C28H30N8O/c1-30-15-26(37)35-12-6-5-9-24(35)25-14-22(27-28(29)31-18-32-36(25)27)20-10-11-21-17-34(33-23(21)13-20)16-19-7-3-2-4-8-19/h2-4,7-8,10-11,13-14,17-18,24,30H,5-6,9,12,15-16H2,1H3,(H2,29,31,32). The van der Waals surface area contributed by atoms with Gasteiger partial charge in [-0.2, -0.15) is 10.2 Å². The molecule has 1 atom stereocenters. The molecule has 1 aliphatic heterocycles. The molecule has 6 rings (SSSR count). The minimum Gasteiger partial charge on any atom is -0.382 e. The Labute approximate surface area is 214 Å². The Hall–Kier alpha value is -4.24. The van der Waals surface area contributed by atoms with Crippen LogP contribution in [0.4, 0.5) is 5.82 Å². The molecule has 5 aromatic rings. The molecule has 0 saturated carbocycles. The zero-order chi connectivity index (χ0) is 25.4. The van der Waals surface area contributed by atoms with Crippen LogP contribution in [0.1, 0.15) is 36.6 Å². The van der Waals surface area contributed by atoms with Crippen LogP contribution < -0.4 is 11.1 Å². The predicted molar refractivity (Wildman–Crippen MR) is 144 cm³/mol. The number of likely N-dealkylation sites (tertiary alicyclic amines) is 1. The van der Waals surface area contributed by atoms with Gasteiger partial charge in [0.2, 0.25) is 5.91 Å². The molecule has 1 amide bonds. The summed E-state index contributed by atoms with van der Waals surface area (Å²) in [6.45, 7) is 1.76. The van der Waals surface area contributed by atoms with Gasteiger partial charge < -0.3 is 16.0 Å². The molecule has 3 aromatic heterocycles. The highest BCUT2D eigenvalue weighted by molar-refractivity contribution is 5.92. The summed E-state index contributed by atoms with van der Waals surface area (Å²) >= 11 is 0. The van der Waals surface area contributed by atoms with E-state index in [9.17, 15) is 4.79 Å². The maximum absolute atomic E-state index is 12.9. The molecule has 9 nitrogen and oxygen atoms in total. The van der Waals surface area contributed by atoms with Crippen LogP contribution in [-0.2, 0) is 11.3 Å². The van der Waals surface area contributed by atoms with Gasteiger partial charge in [0.1, 0.15) is 11.8 Å². The fourth-order valence-electron chi connectivity index (χ4n) is 5.43. The van der Waals surface area contributed by atoms with E-state index in [4.69, 9.17) is 10.8 Å². The molecule has 37 heavy (non-hydrogen) atoms. The van der Waals surface area contributed by atoms with Crippen LogP contribution in [0.2, 0.25) is 0 Å². The van der Waals surface area contributed by atoms with Crippen molar-refractivity contribution in [2.24, 2.45) is 0 Å². The highest BCUT2D eigenvalue weighted by atomic mass is 16.2. The zero-order valence-corrected chi connectivity index (χ0v) is 20.8. The van der Waals surface area contributed by atoms with Crippen molar-refractivity contribution >= 4 is 28.1 Å². The number of carbonyl (C=O) groups is 1. The second-order valence-corrected chi connectivity index (χ2v) is 9.60. The third kappa shape index (κ3) is 4.31. The Bertz CT molecular complexity index is 1570. The molecule has 0 spiro atoms. The topological polar surface area (TPSA) is 106 Å². The number of fused-ring (bicyclic) bond motifs is 2. The fourth-order valence-corrected chi connectivity index (χ4v) is 5.43. The smallest absolute Gasteiger partial charge is 0.237 e. The lowest BCUT2D eigenvalue weighted by Crippen LogP contribution is -2.42. The van der Waals surface area contributed by atoms with E-state index >= 15 is 0 Å². The summed E-state index contributed by atoms with van der Waals surface area (Å²) in [6.07, 6.45) is 6.49. The molecule has 0 bridgehead atoms. The third-order valence-corrected chi connectivity index (χ3v) is 7.16. The monoisotopic (exact) mass is 494 g/mol. The molecule has 1 unspecified atom stereocenters. The molecule has 2 aromatic carbocycles. The second-order valence-electron chi connectivity index (χ2n) is 9.60. The molecule has 1 aliphatic rings. The van der Waals surface area contributed by atoms with Crippen molar-refractivity contribution in [2.45, 2.75) is 31.8 Å². The summed E-state index contributed by atoms with van der Waals surface area (Å²) in [5.41, 5.74) is 12.2. The van der Waals surface area contributed by atoms with Gasteiger partial charge in [-0.05, 0) is 49.6 Å². The fraction of sp³-hybridized carbons (Fsp3) is 0.286. The Morgan fingerprint density at radius 2 is 2.00 bits per heavy atom. The molecule has 9 heteroatoms. The number of likely N-dealkylation sites (N-methyl/N-ethyl adjacent to an activating group) is 1. The van der Waals surface area contributed by atoms with Gasteiger partial charge in [-0.25, -0.2) is 9.50 Å². The molecular formula is C28H30N8O. The number of nitrogen functional groups attached to an aromatic ring is 1. The largest absolute Gasteiger partial charge is 0.382 e. The normalized spacial score (nSPS) is 16.0. The molecule has 3 N–H and O–H groups in total. The molecule has 0 aliphatic carbocycles. The van der Waals surface area contributed by atoms with Crippen molar-refractivity contribution in [2.75, 3.05) is 25.9 Å². The van der Waals surface area contributed by atoms with E-state index in [0.717, 1.165) is 59.0 Å². The highest BCUT2D eigenvalue weighted by Crippen LogP contribution is 2.38. The van der Waals surface area contributed by atoms with Crippen molar-refractivity contribution in [1.29, 1.82) is 0 Å². The lowest BCUT2D eigenvalue weighted by Gasteiger charge is -2.35. The first-order valence-electron chi connectivity index (χ1n) is 12.7. The Kier molecular flexibility index (Phi) is 6.05. The number of anilines is 1. The van der Waals surface area contributed by atoms with Crippen LogP contribution in [0.3, 0.4) is 0 Å². The Morgan fingerprint density at radius 3 is 2.84 bits per heavy atom. The Balaban J connectivity index is 1.42. The van der Waals surface area contributed by atoms with Crippen molar-refractivity contribution < 1.29 is 4.79 Å². The number of nitrogens with two attached hydrogens (primary N) is 1. The summed E-state index contributed by atoms with van der Waals surface area (Å²) in [4.78, 5) is 19.2. The van der Waals surface area contributed by atoms with Crippen LogP contribution in [-0.4, -0.2) is 55.3 Å². The van der Waals surface area contributed by atoms with Gasteiger partial charge in [0.15, 0.2) is 5.82 Å². The van der Waals surface area contributed by atoms with Crippen molar-refractivity contribution in [3.63, 3.8) is 0 Å². The van der Waals surface area contributed by atoms with Gasteiger partial charge in [-0.1, -0.05) is 42.5 Å². The maximum atomic E-state index is 12.9. The summed E-state index contributed by atoms with van der Waals surface area (Å²) in [5, 5.41) is 13.5. The quantitative estimate of drug-likeness (QED) is 0.373. The van der Waals surface area contributed by atoms with E-state index in [0.29, 0.717) is 18.9 Å². The number of aromatic nitrogens is 5. The van der Waals surface area contributed by atoms with Crippen LogP contribution in [0, 0.1) is 0 Å². The van der Waals surface area contributed by atoms with Crippen molar-refractivity contribution in [3.05, 3.63) is 78.4 Å². The van der Waals surface area contributed by atoms with Crippen LogP contribution in [0.25, 0.3) is 27.5 Å². The van der Waals surface area contributed by atoms with E-state index in [1.165, 1.54) is 11.9 Å². The number of hydrogen-bond donors (Lipinski definition) is 2. The number of carbonyl (C=O) groups excluding carboxylic acids is 1. The van der Waals surface area contributed by atoms with Gasteiger partial charge >= 0.3 is 0 Å². The Morgan fingerprint density at radius 1 is 1.14 bits per heavy atom. The molecule has 0 radical (unpaired) electrons.